The first-order valence-corrected chi connectivity index (χ1v) is 9.43. The molecule has 4 rings (SSSR count). The summed E-state index contributed by atoms with van der Waals surface area (Å²) in [7, 11) is 0. The minimum absolute atomic E-state index is 0.0209. The SMILES string of the molecule is O=C(Nc1ccc(C(F)(F)F)cc1)NC1CCN(c2cc(C3CC3)[nH]n2)CC1. The number of H-pyrrole nitrogens is 1. The van der Waals surface area contributed by atoms with E-state index < -0.39 is 17.8 Å². The van der Waals surface area contributed by atoms with E-state index in [4.69, 9.17) is 0 Å². The minimum Gasteiger partial charge on any atom is -0.355 e. The molecular formula is C19H22F3N5O. The van der Waals surface area contributed by atoms with Crippen molar-refractivity contribution < 1.29 is 18.0 Å². The normalized spacial score (nSPS) is 18.2. The van der Waals surface area contributed by atoms with Crippen LogP contribution in [-0.2, 0) is 6.18 Å². The molecule has 2 heterocycles. The van der Waals surface area contributed by atoms with E-state index in [2.05, 4.69) is 31.8 Å². The van der Waals surface area contributed by atoms with Gasteiger partial charge in [0.15, 0.2) is 5.82 Å². The fourth-order valence-corrected chi connectivity index (χ4v) is 3.44. The number of nitrogens with zero attached hydrogens (tertiary/aromatic N) is 2. The second-order valence-electron chi connectivity index (χ2n) is 7.39. The molecule has 2 amide bonds. The molecule has 0 radical (unpaired) electrons. The summed E-state index contributed by atoms with van der Waals surface area (Å²) in [5.74, 6) is 1.59. The molecule has 1 aromatic carbocycles. The lowest BCUT2D eigenvalue weighted by atomic mass is 10.1. The van der Waals surface area contributed by atoms with Gasteiger partial charge in [0.05, 0.1) is 5.56 Å². The third-order valence-corrected chi connectivity index (χ3v) is 5.23. The standard InChI is InChI=1S/C19H22F3N5O/c20-19(21,22)13-3-5-14(6-4-13)23-18(28)24-15-7-9-27(10-8-15)17-11-16(25-26-17)12-1-2-12/h3-6,11-12,15H,1-2,7-10H2,(H,25,26)(H2,23,24,28). The number of piperidine rings is 1. The van der Waals surface area contributed by atoms with Crippen LogP contribution < -0.4 is 15.5 Å². The number of anilines is 2. The average Bonchev–Trinajstić information content (AvgIpc) is 3.39. The van der Waals surface area contributed by atoms with Gasteiger partial charge in [0.2, 0.25) is 0 Å². The number of hydrogen-bond donors (Lipinski definition) is 3. The van der Waals surface area contributed by atoms with Gasteiger partial charge in [0, 0.05) is 42.5 Å². The lowest BCUT2D eigenvalue weighted by molar-refractivity contribution is -0.137. The molecule has 3 N–H and O–H groups in total. The number of carbonyl (C=O) groups excluding carboxylic acids is 1. The van der Waals surface area contributed by atoms with Gasteiger partial charge in [-0.3, -0.25) is 5.10 Å². The van der Waals surface area contributed by atoms with Gasteiger partial charge < -0.3 is 15.5 Å². The summed E-state index contributed by atoms with van der Waals surface area (Å²) in [6.07, 6.45) is -0.371. The number of nitrogens with one attached hydrogen (secondary N) is 3. The van der Waals surface area contributed by atoms with Crippen molar-refractivity contribution in [1.29, 1.82) is 0 Å². The van der Waals surface area contributed by atoms with Crippen LogP contribution in [-0.4, -0.2) is 35.4 Å². The van der Waals surface area contributed by atoms with Crippen molar-refractivity contribution in [3.05, 3.63) is 41.6 Å². The molecule has 9 heteroatoms. The molecule has 1 aliphatic heterocycles. The van der Waals surface area contributed by atoms with Crippen LogP contribution in [0.5, 0.6) is 0 Å². The maximum Gasteiger partial charge on any atom is 0.416 e. The number of aromatic nitrogens is 2. The Bertz CT molecular complexity index is 821. The summed E-state index contributed by atoms with van der Waals surface area (Å²) in [6, 6.07) is 6.13. The van der Waals surface area contributed by atoms with Crippen molar-refractivity contribution in [1.82, 2.24) is 15.5 Å². The quantitative estimate of drug-likeness (QED) is 0.732. The van der Waals surface area contributed by atoms with E-state index >= 15 is 0 Å². The van der Waals surface area contributed by atoms with Crippen molar-refractivity contribution in [2.45, 2.75) is 43.8 Å². The highest BCUT2D eigenvalue weighted by atomic mass is 19.4. The van der Waals surface area contributed by atoms with Gasteiger partial charge in [-0.05, 0) is 49.9 Å². The van der Waals surface area contributed by atoms with Gasteiger partial charge in [-0.1, -0.05) is 0 Å². The van der Waals surface area contributed by atoms with Crippen LogP contribution in [0.25, 0.3) is 0 Å². The van der Waals surface area contributed by atoms with Gasteiger partial charge in [0.25, 0.3) is 0 Å². The van der Waals surface area contributed by atoms with Crippen LogP contribution in [0.2, 0.25) is 0 Å². The average molecular weight is 393 g/mol. The molecule has 0 unspecified atom stereocenters. The fraction of sp³-hybridized carbons (Fsp3) is 0.474. The van der Waals surface area contributed by atoms with Crippen molar-refractivity contribution in [2.75, 3.05) is 23.3 Å². The first-order chi connectivity index (χ1) is 13.4. The van der Waals surface area contributed by atoms with E-state index in [1.165, 1.54) is 30.7 Å². The number of carbonyl (C=O) groups is 1. The molecular weight excluding hydrogens is 371 g/mol. The van der Waals surface area contributed by atoms with Crippen LogP contribution in [0.4, 0.5) is 29.5 Å². The molecule has 28 heavy (non-hydrogen) atoms. The Hall–Kier alpha value is -2.71. The Morgan fingerprint density at radius 3 is 2.39 bits per heavy atom. The summed E-state index contributed by atoms with van der Waals surface area (Å²) in [6.45, 7) is 1.58. The highest BCUT2D eigenvalue weighted by molar-refractivity contribution is 5.89. The molecule has 0 atom stereocenters. The van der Waals surface area contributed by atoms with Crippen LogP contribution in [0.3, 0.4) is 0 Å². The maximum atomic E-state index is 12.6. The molecule has 2 aliphatic rings. The largest absolute Gasteiger partial charge is 0.416 e. The van der Waals surface area contributed by atoms with Crippen molar-refractivity contribution in [2.24, 2.45) is 0 Å². The van der Waals surface area contributed by atoms with E-state index in [1.54, 1.807) is 0 Å². The summed E-state index contributed by atoms with van der Waals surface area (Å²) in [4.78, 5) is 14.3. The van der Waals surface area contributed by atoms with Crippen LogP contribution in [0.1, 0.15) is 42.9 Å². The molecule has 0 spiro atoms. The fourth-order valence-electron chi connectivity index (χ4n) is 3.44. The third kappa shape index (κ3) is 4.40. The summed E-state index contributed by atoms with van der Waals surface area (Å²) in [5, 5.41) is 13.0. The van der Waals surface area contributed by atoms with Gasteiger partial charge >= 0.3 is 12.2 Å². The maximum absolute atomic E-state index is 12.6. The zero-order valence-corrected chi connectivity index (χ0v) is 15.2. The Balaban J connectivity index is 1.24. The lowest BCUT2D eigenvalue weighted by Crippen LogP contribution is -2.46. The van der Waals surface area contributed by atoms with Crippen molar-refractivity contribution in [3.63, 3.8) is 0 Å². The Morgan fingerprint density at radius 1 is 1.11 bits per heavy atom. The van der Waals surface area contributed by atoms with E-state index in [-0.39, 0.29) is 6.04 Å². The Kier molecular flexibility index (Phi) is 4.91. The molecule has 1 aromatic heterocycles. The second-order valence-corrected chi connectivity index (χ2v) is 7.39. The number of hydrogen-bond acceptors (Lipinski definition) is 3. The first kappa shape index (κ1) is 18.6. The van der Waals surface area contributed by atoms with Crippen LogP contribution in [0, 0.1) is 0 Å². The first-order valence-electron chi connectivity index (χ1n) is 9.43. The number of rotatable bonds is 4. The second kappa shape index (κ2) is 7.37. The van der Waals surface area contributed by atoms with Gasteiger partial charge in [-0.2, -0.15) is 18.3 Å². The number of amides is 2. The summed E-state index contributed by atoms with van der Waals surface area (Å²) < 4.78 is 37.7. The highest BCUT2D eigenvalue weighted by Gasteiger charge is 2.30. The Labute approximate surface area is 160 Å². The van der Waals surface area contributed by atoms with Crippen LogP contribution in [0.15, 0.2) is 30.3 Å². The number of urea groups is 1. The zero-order chi connectivity index (χ0) is 19.7. The summed E-state index contributed by atoms with van der Waals surface area (Å²) >= 11 is 0. The van der Waals surface area contributed by atoms with Crippen molar-refractivity contribution in [3.8, 4) is 0 Å². The van der Waals surface area contributed by atoms with Gasteiger partial charge in [-0.25, -0.2) is 4.79 Å². The van der Waals surface area contributed by atoms with Crippen LogP contribution >= 0.6 is 0 Å². The predicted molar refractivity (Wildman–Crippen MR) is 99.4 cm³/mol. The van der Waals surface area contributed by atoms with Crippen molar-refractivity contribution >= 4 is 17.5 Å². The summed E-state index contributed by atoms with van der Waals surface area (Å²) in [5.41, 5.74) is 0.785. The molecule has 2 fully saturated rings. The predicted octanol–water partition coefficient (Wildman–Crippen LogP) is 4.10. The van der Waals surface area contributed by atoms with Gasteiger partial charge in [0.1, 0.15) is 0 Å². The van der Waals surface area contributed by atoms with E-state index in [0.717, 1.165) is 43.9 Å². The lowest BCUT2D eigenvalue weighted by Gasteiger charge is -2.32. The Morgan fingerprint density at radius 2 is 1.79 bits per heavy atom. The monoisotopic (exact) mass is 393 g/mol. The molecule has 2 aromatic rings. The highest BCUT2D eigenvalue weighted by Crippen LogP contribution is 2.40. The van der Waals surface area contributed by atoms with E-state index in [1.807, 2.05) is 0 Å². The topological polar surface area (TPSA) is 73.1 Å². The molecule has 1 saturated heterocycles. The molecule has 1 aliphatic carbocycles. The zero-order valence-electron chi connectivity index (χ0n) is 15.2. The smallest absolute Gasteiger partial charge is 0.355 e. The van der Waals surface area contributed by atoms with Gasteiger partial charge in [-0.15, -0.1) is 0 Å². The molecule has 1 saturated carbocycles. The molecule has 0 bridgehead atoms. The number of aromatic amines is 1. The molecule has 150 valence electrons. The number of benzene rings is 1. The number of alkyl halides is 3. The molecule has 6 nitrogen and oxygen atoms in total. The third-order valence-electron chi connectivity index (χ3n) is 5.23. The van der Waals surface area contributed by atoms with E-state index in [9.17, 15) is 18.0 Å². The van der Waals surface area contributed by atoms with E-state index in [0.29, 0.717) is 11.6 Å². The number of halogens is 3. The minimum atomic E-state index is -4.39.